The van der Waals surface area contributed by atoms with E-state index in [1.165, 1.54) is 16.9 Å². The molecule has 0 fully saturated rings. The lowest BCUT2D eigenvalue weighted by atomic mass is 10.2. The van der Waals surface area contributed by atoms with Crippen LogP contribution in [0.25, 0.3) is 10.2 Å². The number of hydrogen-bond donors (Lipinski definition) is 0. The van der Waals surface area contributed by atoms with Gasteiger partial charge in [0, 0.05) is 12.6 Å². The predicted octanol–water partition coefficient (Wildman–Crippen LogP) is 4.96. The van der Waals surface area contributed by atoms with Crippen LogP contribution < -0.4 is 4.90 Å². The summed E-state index contributed by atoms with van der Waals surface area (Å²) in [7, 11) is -3.57. The average molecular weight is 480 g/mol. The minimum atomic E-state index is -3.57. The number of carbonyl (C=O) groups is 1. The molecule has 0 radical (unpaired) electrons. The Hall–Kier alpha value is -3.10. The van der Waals surface area contributed by atoms with Crippen molar-refractivity contribution >= 4 is 42.4 Å². The molecule has 8 heteroatoms. The first-order valence-corrected chi connectivity index (χ1v) is 13.2. The zero-order valence-electron chi connectivity index (χ0n) is 18.6. The molecule has 0 atom stereocenters. The van der Waals surface area contributed by atoms with E-state index in [9.17, 15) is 13.2 Å². The molecule has 0 saturated heterocycles. The summed E-state index contributed by atoms with van der Waals surface area (Å²) in [6.07, 6.45) is 2.45. The topological polar surface area (TPSA) is 80.2 Å². The van der Waals surface area contributed by atoms with Crippen molar-refractivity contribution in [1.29, 1.82) is 0 Å². The van der Waals surface area contributed by atoms with Gasteiger partial charge in [0.2, 0.25) is 5.91 Å². The number of rotatable bonds is 8. The maximum atomic E-state index is 13.3. The second-order valence-electron chi connectivity index (χ2n) is 7.83. The number of aryl methyl sites for hydroxylation is 2. The van der Waals surface area contributed by atoms with Crippen LogP contribution in [0.4, 0.5) is 5.13 Å². The van der Waals surface area contributed by atoms with E-state index in [1.807, 2.05) is 37.3 Å². The second kappa shape index (κ2) is 9.80. The first kappa shape index (κ1) is 23.1. The van der Waals surface area contributed by atoms with Crippen molar-refractivity contribution in [1.82, 2.24) is 9.97 Å². The van der Waals surface area contributed by atoms with Crippen LogP contribution in [-0.4, -0.2) is 30.0 Å². The summed E-state index contributed by atoms with van der Waals surface area (Å²) in [6.45, 7) is 4.22. The van der Waals surface area contributed by atoms with Gasteiger partial charge in [0.25, 0.3) is 0 Å². The van der Waals surface area contributed by atoms with E-state index in [0.717, 1.165) is 22.2 Å². The molecule has 2 heterocycles. The number of anilines is 1. The van der Waals surface area contributed by atoms with Crippen LogP contribution in [0.5, 0.6) is 0 Å². The molecule has 4 rings (SSSR count). The van der Waals surface area contributed by atoms with E-state index in [4.69, 9.17) is 0 Å². The Bertz CT molecular complexity index is 1370. The summed E-state index contributed by atoms with van der Waals surface area (Å²) in [6, 6.07) is 18.3. The van der Waals surface area contributed by atoms with E-state index in [1.54, 1.807) is 35.4 Å². The average Bonchev–Trinajstić information content (AvgIpc) is 3.25. The van der Waals surface area contributed by atoms with Crippen molar-refractivity contribution in [3.05, 3.63) is 83.7 Å². The molecule has 0 unspecified atom stereocenters. The zero-order chi connectivity index (χ0) is 23.4. The summed E-state index contributed by atoms with van der Waals surface area (Å²) in [5.74, 6) is -0.565. The molecule has 6 nitrogen and oxygen atoms in total. The molecule has 0 aliphatic heterocycles. The van der Waals surface area contributed by atoms with Crippen molar-refractivity contribution in [2.75, 3.05) is 10.7 Å². The first-order valence-electron chi connectivity index (χ1n) is 10.7. The number of benzene rings is 2. The molecule has 0 spiro atoms. The third-order valence-electron chi connectivity index (χ3n) is 5.39. The van der Waals surface area contributed by atoms with Crippen LogP contribution in [0.15, 0.2) is 71.8 Å². The third-order valence-corrected chi connectivity index (χ3v) is 8.17. The maximum Gasteiger partial charge on any atom is 0.230 e. The van der Waals surface area contributed by atoms with Crippen molar-refractivity contribution in [2.24, 2.45) is 0 Å². The highest BCUT2D eigenvalue weighted by Gasteiger charge is 2.24. The lowest BCUT2D eigenvalue weighted by Crippen LogP contribution is -2.32. The normalized spacial score (nSPS) is 11.6. The fraction of sp³-hybridized carbons (Fsp3) is 0.240. The molecule has 1 amide bonds. The second-order valence-corrected chi connectivity index (χ2v) is 11.0. The van der Waals surface area contributed by atoms with Gasteiger partial charge < -0.3 is 0 Å². The van der Waals surface area contributed by atoms with Gasteiger partial charge in [-0.05, 0) is 55.3 Å². The number of pyridine rings is 1. The van der Waals surface area contributed by atoms with E-state index < -0.39 is 9.84 Å². The fourth-order valence-corrected chi connectivity index (χ4v) is 5.70. The van der Waals surface area contributed by atoms with Crippen LogP contribution in [0.2, 0.25) is 0 Å². The molecule has 0 saturated carbocycles. The Morgan fingerprint density at radius 2 is 1.85 bits per heavy atom. The maximum absolute atomic E-state index is 13.3. The summed E-state index contributed by atoms with van der Waals surface area (Å²) in [5, 5.41) is 0.543. The quantitative estimate of drug-likeness (QED) is 0.357. The Morgan fingerprint density at radius 1 is 1.06 bits per heavy atom. The fourth-order valence-electron chi connectivity index (χ4n) is 3.43. The van der Waals surface area contributed by atoms with Crippen LogP contribution in [-0.2, 0) is 27.6 Å². The van der Waals surface area contributed by atoms with Gasteiger partial charge in [0.15, 0.2) is 15.0 Å². The number of fused-ring (bicyclic) bond motifs is 1. The highest BCUT2D eigenvalue weighted by molar-refractivity contribution is 7.91. The lowest BCUT2D eigenvalue weighted by Gasteiger charge is -2.19. The summed E-state index contributed by atoms with van der Waals surface area (Å²) >= 11 is 1.43. The molecule has 0 bridgehead atoms. The van der Waals surface area contributed by atoms with Gasteiger partial charge in [-0.25, -0.2) is 13.4 Å². The zero-order valence-corrected chi connectivity index (χ0v) is 20.2. The Labute approximate surface area is 197 Å². The van der Waals surface area contributed by atoms with Crippen molar-refractivity contribution in [3.63, 3.8) is 0 Å². The number of thiazole rings is 1. The van der Waals surface area contributed by atoms with Gasteiger partial charge in [-0.1, -0.05) is 48.1 Å². The number of aromatic nitrogens is 2. The minimum Gasteiger partial charge on any atom is -0.282 e. The highest BCUT2D eigenvalue weighted by atomic mass is 32.2. The molecule has 0 N–H and O–H groups in total. The van der Waals surface area contributed by atoms with E-state index in [2.05, 4.69) is 23.0 Å². The van der Waals surface area contributed by atoms with Gasteiger partial charge in [0.1, 0.15) is 0 Å². The summed E-state index contributed by atoms with van der Waals surface area (Å²) in [4.78, 5) is 24.1. The molecule has 170 valence electrons. The van der Waals surface area contributed by atoms with Crippen LogP contribution in [0.1, 0.15) is 30.2 Å². The van der Waals surface area contributed by atoms with Gasteiger partial charge in [-0.15, -0.1) is 0 Å². The van der Waals surface area contributed by atoms with Crippen molar-refractivity contribution in [3.8, 4) is 0 Å². The summed E-state index contributed by atoms with van der Waals surface area (Å²) in [5.41, 5.74) is 3.71. The van der Waals surface area contributed by atoms with E-state index in [-0.39, 0.29) is 29.5 Å². The summed E-state index contributed by atoms with van der Waals surface area (Å²) < 4.78 is 26.6. The smallest absolute Gasteiger partial charge is 0.230 e. The van der Waals surface area contributed by atoms with Gasteiger partial charge >= 0.3 is 0 Å². The molecule has 4 aromatic rings. The predicted molar refractivity (Wildman–Crippen MR) is 132 cm³/mol. The molecule has 2 aromatic heterocycles. The number of hydrogen-bond acceptors (Lipinski definition) is 6. The largest absolute Gasteiger partial charge is 0.282 e. The van der Waals surface area contributed by atoms with Crippen LogP contribution in [0, 0.1) is 6.92 Å². The Kier molecular flexibility index (Phi) is 6.85. The van der Waals surface area contributed by atoms with Gasteiger partial charge in [0.05, 0.1) is 33.1 Å². The molecule has 33 heavy (non-hydrogen) atoms. The molecule has 2 aromatic carbocycles. The van der Waals surface area contributed by atoms with Gasteiger partial charge in [-0.2, -0.15) is 0 Å². The van der Waals surface area contributed by atoms with E-state index >= 15 is 0 Å². The number of amides is 1. The standard InChI is InChI=1S/C25H25N3O3S2/c1-3-19-9-12-22-23(16-19)32-25(27-22)28(17-20-6-4-5-14-26-20)24(29)13-15-33(30,31)21-10-7-18(2)8-11-21/h4-12,14,16H,3,13,15,17H2,1-2H3. The first-order chi connectivity index (χ1) is 15.9. The molecular weight excluding hydrogens is 454 g/mol. The van der Waals surface area contributed by atoms with Crippen molar-refractivity contribution < 1.29 is 13.2 Å². The lowest BCUT2D eigenvalue weighted by molar-refractivity contribution is -0.118. The van der Waals surface area contributed by atoms with Crippen molar-refractivity contribution in [2.45, 2.75) is 38.1 Å². The van der Waals surface area contributed by atoms with Crippen LogP contribution in [0.3, 0.4) is 0 Å². The molecular formula is C25H25N3O3S2. The molecule has 0 aliphatic carbocycles. The minimum absolute atomic E-state index is 0.140. The van der Waals surface area contributed by atoms with Gasteiger partial charge in [-0.3, -0.25) is 14.7 Å². The Balaban J connectivity index is 1.60. The monoisotopic (exact) mass is 479 g/mol. The van der Waals surface area contributed by atoms with Crippen LogP contribution >= 0.6 is 11.3 Å². The number of carbonyl (C=O) groups excluding carboxylic acids is 1. The number of sulfone groups is 1. The van der Waals surface area contributed by atoms with E-state index in [0.29, 0.717) is 10.8 Å². The Morgan fingerprint density at radius 3 is 2.55 bits per heavy atom. The highest BCUT2D eigenvalue weighted by Crippen LogP contribution is 2.31. The third kappa shape index (κ3) is 5.46. The SMILES string of the molecule is CCc1ccc2nc(N(Cc3ccccn3)C(=O)CCS(=O)(=O)c3ccc(C)cc3)sc2c1. The number of nitrogens with zero attached hydrogens (tertiary/aromatic N) is 3. The molecule has 0 aliphatic rings.